The molecule has 3 aromatic heterocycles. The molecular formula is C18H20N6O2. The van der Waals surface area contributed by atoms with Crippen LogP contribution in [0.2, 0.25) is 0 Å². The van der Waals surface area contributed by atoms with Gasteiger partial charge in [0.25, 0.3) is 5.56 Å². The van der Waals surface area contributed by atoms with Gasteiger partial charge in [-0.1, -0.05) is 13.8 Å². The molecule has 8 nitrogen and oxygen atoms in total. The largest absolute Gasteiger partial charge is 0.324 e. The minimum Gasteiger partial charge on any atom is -0.324 e. The van der Waals surface area contributed by atoms with Crippen molar-refractivity contribution in [1.29, 1.82) is 0 Å². The number of anilines is 1. The number of aromatic nitrogens is 5. The van der Waals surface area contributed by atoms with Crippen LogP contribution in [-0.2, 0) is 11.3 Å². The van der Waals surface area contributed by atoms with Gasteiger partial charge in [0.2, 0.25) is 5.91 Å². The molecule has 1 fully saturated rings. The standard InChI is InChI=1S/C18H20N6O2/c1-11(2)17-22-23(10-16(25)20-13-5-7-19-8-6-13)18(26)15-9-14(12-3-4-12)21-24(15)17/h5-9,11-12H,3-4,10H2,1-2H3,(H,19,20,25). The molecule has 1 aliphatic carbocycles. The topological polar surface area (TPSA) is 94.2 Å². The number of carbonyl (C=O) groups is 1. The van der Waals surface area contributed by atoms with E-state index < -0.39 is 0 Å². The smallest absolute Gasteiger partial charge is 0.293 e. The fourth-order valence-corrected chi connectivity index (χ4v) is 2.89. The molecule has 0 aliphatic heterocycles. The summed E-state index contributed by atoms with van der Waals surface area (Å²) in [6, 6.07) is 5.22. The first-order valence-electron chi connectivity index (χ1n) is 8.73. The van der Waals surface area contributed by atoms with Crippen LogP contribution in [0.4, 0.5) is 5.69 Å². The van der Waals surface area contributed by atoms with E-state index in [1.165, 1.54) is 4.68 Å². The molecule has 0 saturated heterocycles. The highest BCUT2D eigenvalue weighted by Gasteiger charge is 2.28. The summed E-state index contributed by atoms with van der Waals surface area (Å²) < 4.78 is 2.86. The fourth-order valence-electron chi connectivity index (χ4n) is 2.89. The second-order valence-electron chi connectivity index (χ2n) is 6.90. The average Bonchev–Trinajstić information content (AvgIpc) is 3.37. The molecule has 0 unspecified atom stereocenters. The second kappa shape index (κ2) is 6.36. The summed E-state index contributed by atoms with van der Waals surface area (Å²) in [5.74, 6) is 0.868. The number of hydrogen-bond donors (Lipinski definition) is 1. The predicted molar refractivity (Wildman–Crippen MR) is 96.2 cm³/mol. The van der Waals surface area contributed by atoms with Gasteiger partial charge in [-0.25, -0.2) is 9.20 Å². The predicted octanol–water partition coefficient (Wildman–Crippen LogP) is 1.93. The Labute approximate surface area is 149 Å². The number of pyridine rings is 1. The maximum absolute atomic E-state index is 12.8. The summed E-state index contributed by atoms with van der Waals surface area (Å²) in [6.45, 7) is 3.83. The van der Waals surface area contributed by atoms with E-state index >= 15 is 0 Å². The Bertz CT molecular complexity index is 1020. The first-order chi connectivity index (χ1) is 12.5. The van der Waals surface area contributed by atoms with Crippen LogP contribution in [-0.4, -0.2) is 30.3 Å². The Morgan fingerprint density at radius 1 is 1.27 bits per heavy atom. The molecule has 1 aliphatic rings. The van der Waals surface area contributed by atoms with E-state index in [0.717, 1.165) is 18.5 Å². The first kappa shape index (κ1) is 16.4. The molecule has 0 aromatic carbocycles. The summed E-state index contributed by atoms with van der Waals surface area (Å²) in [6.07, 6.45) is 5.40. The van der Waals surface area contributed by atoms with Crippen LogP contribution in [0, 0.1) is 0 Å². The molecule has 1 N–H and O–H groups in total. The number of amides is 1. The molecule has 26 heavy (non-hydrogen) atoms. The molecule has 1 amide bonds. The van der Waals surface area contributed by atoms with Gasteiger partial charge in [0.05, 0.1) is 5.69 Å². The van der Waals surface area contributed by atoms with Crippen molar-refractivity contribution in [2.45, 2.75) is 45.1 Å². The third-order valence-electron chi connectivity index (χ3n) is 4.39. The quantitative estimate of drug-likeness (QED) is 0.757. The van der Waals surface area contributed by atoms with Gasteiger partial charge in [-0.05, 0) is 31.0 Å². The molecule has 0 bridgehead atoms. The zero-order chi connectivity index (χ0) is 18.3. The summed E-state index contributed by atoms with van der Waals surface area (Å²) in [7, 11) is 0. The van der Waals surface area contributed by atoms with Crippen LogP contribution in [0.3, 0.4) is 0 Å². The van der Waals surface area contributed by atoms with Crippen LogP contribution in [0.15, 0.2) is 35.4 Å². The maximum Gasteiger partial charge on any atom is 0.293 e. The highest BCUT2D eigenvalue weighted by atomic mass is 16.2. The Morgan fingerprint density at radius 3 is 2.65 bits per heavy atom. The van der Waals surface area contributed by atoms with Gasteiger partial charge in [-0.2, -0.15) is 10.2 Å². The summed E-state index contributed by atoms with van der Waals surface area (Å²) in [4.78, 5) is 29.0. The Kier molecular flexibility index (Phi) is 4.02. The monoisotopic (exact) mass is 352 g/mol. The lowest BCUT2D eigenvalue weighted by atomic mass is 10.2. The third-order valence-corrected chi connectivity index (χ3v) is 4.39. The molecule has 1 saturated carbocycles. The van der Waals surface area contributed by atoms with Crippen molar-refractivity contribution in [2.75, 3.05) is 5.32 Å². The van der Waals surface area contributed by atoms with Crippen LogP contribution < -0.4 is 10.9 Å². The highest BCUT2D eigenvalue weighted by molar-refractivity contribution is 5.90. The van der Waals surface area contributed by atoms with Crippen molar-refractivity contribution >= 4 is 17.1 Å². The van der Waals surface area contributed by atoms with Crippen molar-refractivity contribution < 1.29 is 4.79 Å². The van der Waals surface area contributed by atoms with Crippen LogP contribution >= 0.6 is 0 Å². The average molecular weight is 352 g/mol. The van der Waals surface area contributed by atoms with Gasteiger partial charge in [0.15, 0.2) is 5.82 Å². The minimum atomic E-state index is -0.313. The normalized spacial score (nSPS) is 14.1. The van der Waals surface area contributed by atoms with Gasteiger partial charge < -0.3 is 5.32 Å². The van der Waals surface area contributed by atoms with E-state index in [2.05, 4.69) is 20.5 Å². The molecule has 8 heteroatoms. The van der Waals surface area contributed by atoms with Gasteiger partial charge in [0, 0.05) is 29.9 Å². The molecule has 3 heterocycles. The number of nitrogens with one attached hydrogen (secondary N) is 1. The molecular weight excluding hydrogens is 332 g/mol. The van der Waals surface area contributed by atoms with E-state index in [-0.39, 0.29) is 23.9 Å². The van der Waals surface area contributed by atoms with Crippen molar-refractivity contribution in [1.82, 2.24) is 24.4 Å². The minimum absolute atomic E-state index is 0.0690. The summed E-state index contributed by atoms with van der Waals surface area (Å²) >= 11 is 0. The zero-order valence-corrected chi connectivity index (χ0v) is 14.7. The van der Waals surface area contributed by atoms with Crippen molar-refractivity contribution in [3.05, 3.63) is 52.5 Å². The van der Waals surface area contributed by atoms with E-state index in [1.54, 1.807) is 29.0 Å². The second-order valence-corrected chi connectivity index (χ2v) is 6.90. The Hall–Kier alpha value is -3.03. The zero-order valence-electron chi connectivity index (χ0n) is 14.7. The Balaban J connectivity index is 1.69. The van der Waals surface area contributed by atoms with Gasteiger partial charge in [-0.15, -0.1) is 0 Å². The lowest BCUT2D eigenvalue weighted by molar-refractivity contribution is -0.117. The summed E-state index contributed by atoms with van der Waals surface area (Å²) in [5, 5.41) is 11.7. The molecule has 3 aromatic rings. The van der Waals surface area contributed by atoms with Gasteiger partial charge >= 0.3 is 0 Å². The van der Waals surface area contributed by atoms with E-state index in [4.69, 9.17) is 0 Å². The maximum atomic E-state index is 12.8. The van der Waals surface area contributed by atoms with Crippen molar-refractivity contribution in [3.63, 3.8) is 0 Å². The molecule has 4 rings (SSSR count). The van der Waals surface area contributed by atoms with Gasteiger partial charge in [0.1, 0.15) is 12.1 Å². The number of nitrogens with zero attached hydrogens (tertiary/aromatic N) is 5. The number of fused-ring (bicyclic) bond motifs is 1. The van der Waals surface area contributed by atoms with Crippen molar-refractivity contribution in [2.24, 2.45) is 0 Å². The fraction of sp³-hybridized carbons (Fsp3) is 0.389. The van der Waals surface area contributed by atoms with E-state index in [9.17, 15) is 9.59 Å². The number of carbonyl (C=O) groups excluding carboxylic acids is 1. The first-order valence-corrected chi connectivity index (χ1v) is 8.73. The van der Waals surface area contributed by atoms with E-state index in [0.29, 0.717) is 22.9 Å². The Morgan fingerprint density at radius 2 is 2.00 bits per heavy atom. The van der Waals surface area contributed by atoms with Crippen LogP contribution in [0.1, 0.15) is 50.0 Å². The molecule has 0 atom stereocenters. The highest BCUT2D eigenvalue weighted by Crippen LogP contribution is 2.39. The van der Waals surface area contributed by atoms with Crippen LogP contribution in [0.25, 0.3) is 5.52 Å². The van der Waals surface area contributed by atoms with Crippen molar-refractivity contribution in [3.8, 4) is 0 Å². The lowest BCUT2D eigenvalue weighted by Crippen LogP contribution is -2.32. The third kappa shape index (κ3) is 3.10. The lowest BCUT2D eigenvalue weighted by Gasteiger charge is -2.11. The number of rotatable bonds is 5. The molecule has 0 spiro atoms. The van der Waals surface area contributed by atoms with E-state index in [1.807, 2.05) is 19.9 Å². The number of hydrogen-bond acceptors (Lipinski definition) is 5. The van der Waals surface area contributed by atoms with Gasteiger partial charge in [-0.3, -0.25) is 14.6 Å². The molecule has 134 valence electrons. The molecule has 0 radical (unpaired) electrons. The van der Waals surface area contributed by atoms with Crippen LogP contribution in [0.5, 0.6) is 0 Å². The SMILES string of the molecule is CC(C)c1nn(CC(=O)Nc2ccncc2)c(=O)c2cc(C3CC3)nn12. The summed E-state index contributed by atoms with van der Waals surface area (Å²) in [5.41, 5.74) is 1.73.